The van der Waals surface area contributed by atoms with Gasteiger partial charge in [-0.05, 0) is 50.0 Å². The molecule has 1 aromatic rings. The molecule has 0 aromatic heterocycles. The SMILES string of the molecule is N[C@@H](Cc1ccc(OCCN2CCCC2)cc1)C(=O)O. The second-order valence-electron chi connectivity index (χ2n) is 5.19. The first kappa shape index (κ1) is 14.8. The van der Waals surface area contributed by atoms with Crippen LogP contribution in [0.25, 0.3) is 0 Å². The van der Waals surface area contributed by atoms with Crippen molar-refractivity contribution in [1.82, 2.24) is 4.90 Å². The van der Waals surface area contributed by atoms with Gasteiger partial charge in [-0.15, -0.1) is 0 Å². The fourth-order valence-corrected chi connectivity index (χ4v) is 2.36. The molecule has 1 atom stereocenters. The van der Waals surface area contributed by atoms with Crippen LogP contribution in [0.3, 0.4) is 0 Å². The molecule has 0 aliphatic carbocycles. The number of carboxylic acids is 1. The molecule has 1 aliphatic heterocycles. The van der Waals surface area contributed by atoms with E-state index in [2.05, 4.69) is 4.90 Å². The number of aliphatic carboxylic acids is 1. The molecule has 0 bridgehead atoms. The van der Waals surface area contributed by atoms with Gasteiger partial charge in [-0.3, -0.25) is 9.69 Å². The van der Waals surface area contributed by atoms with Gasteiger partial charge in [0, 0.05) is 6.54 Å². The molecular formula is C15H22N2O3. The molecule has 1 aromatic carbocycles. The van der Waals surface area contributed by atoms with Gasteiger partial charge in [-0.2, -0.15) is 0 Å². The van der Waals surface area contributed by atoms with Gasteiger partial charge >= 0.3 is 5.97 Å². The van der Waals surface area contributed by atoms with Crippen LogP contribution >= 0.6 is 0 Å². The first-order valence-electron chi connectivity index (χ1n) is 7.07. The summed E-state index contributed by atoms with van der Waals surface area (Å²) in [7, 11) is 0. The third-order valence-electron chi connectivity index (χ3n) is 3.57. The molecule has 5 heteroatoms. The zero-order chi connectivity index (χ0) is 14.4. The lowest BCUT2D eigenvalue weighted by Gasteiger charge is -2.15. The largest absolute Gasteiger partial charge is 0.492 e. The fraction of sp³-hybridized carbons (Fsp3) is 0.533. The topological polar surface area (TPSA) is 75.8 Å². The summed E-state index contributed by atoms with van der Waals surface area (Å²) in [6.45, 7) is 4.00. The van der Waals surface area contributed by atoms with Crippen LogP contribution in [0.15, 0.2) is 24.3 Å². The molecule has 0 spiro atoms. The van der Waals surface area contributed by atoms with Crippen molar-refractivity contribution in [3.05, 3.63) is 29.8 Å². The predicted octanol–water partition coefficient (Wildman–Crippen LogP) is 1.12. The second kappa shape index (κ2) is 7.26. The fourth-order valence-electron chi connectivity index (χ4n) is 2.36. The first-order valence-corrected chi connectivity index (χ1v) is 7.07. The van der Waals surface area contributed by atoms with Gasteiger partial charge in [0.15, 0.2) is 0 Å². The number of carboxylic acid groups (broad SMARTS) is 1. The Morgan fingerprint density at radius 3 is 2.55 bits per heavy atom. The summed E-state index contributed by atoms with van der Waals surface area (Å²) >= 11 is 0. The van der Waals surface area contributed by atoms with Crippen molar-refractivity contribution in [3.63, 3.8) is 0 Å². The zero-order valence-corrected chi connectivity index (χ0v) is 11.6. The van der Waals surface area contributed by atoms with Crippen molar-refractivity contribution in [3.8, 4) is 5.75 Å². The summed E-state index contributed by atoms with van der Waals surface area (Å²) in [5.41, 5.74) is 6.41. The van der Waals surface area contributed by atoms with Crippen molar-refractivity contribution in [2.45, 2.75) is 25.3 Å². The van der Waals surface area contributed by atoms with E-state index in [-0.39, 0.29) is 0 Å². The summed E-state index contributed by atoms with van der Waals surface area (Å²) in [5.74, 6) is -0.159. The normalized spacial score (nSPS) is 17.1. The minimum Gasteiger partial charge on any atom is -0.492 e. The van der Waals surface area contributed by atoms with Gasteiger partial charge in [0.2, 0.25) is 0 Å². The van der Waals surface area contributed by atoms with Crippen molar-refractivity contribution in [2.24, 2.45) is 5.73 Å². The minimum atomic E-state index is -0.976. The van der Waals surface area contributed by atoms with Crippen molar-refractivity contribution < 1.29 is 14.6 Å². The average molecular weight is 278 g/mol. The van der Waals surface area contributed by atoms with E-state index in [4.69, 9.17) is 15.6 Å². The van der Waals surface area contributed by atoms with Gasteiger partial charge in [0.05, 0.1) is 0 Å². The van der Waals surface area contributed by atoms with E-state index in [1.165, 1.54) is 25.9 Å². The molecule has 3 N–H and O–H groups in total. The lowest BCUT2D eigenvalue weighted by molar-refractivity contribution is -0.138. The van der Waals surface area contributed by atoms with Crippen LogP contribution in [0.2, 0.25) is 0 Å². The number of benzene rings is 1. The number of ether oxygens (including phenoxy) is 1. The number of likely N-dealkylation sites (tertiary alicyclic amines) is 1. The molecular weight excluding hydrogens is 256 g/mol. The Labute approximate surface area is 119 Å². The summed E-state index contributed by atoms with van der Waals surface area (Å²) < 4.78 is 5.69. The maximum Gasteiger partial charge on any atom is 0.320 e. The van der Waals surface area contributed by atoms with Crippen LogP contribution in [-0.4, -0.2) is 48.3 Å². The molecule has 1 saturated heterocycles. The second-order valence-corrected chi connectivity index (χ2v) is 5.19. The van der Waals surface area contributed by atoms with Crippen LogP contribution in [0.5, 0.6) is 5.75 Å². The monoisotopic (exact) mass is 278 g/mol. The summed E-state index contributed by atoms with van der Waals surface area (Å²) in [6, 6.07) is 6.63. The van der Waals surface area contributed by atoms with Gasteiger partial charge < -0.3 is 15.6 Å². The van der Waals surface area contributed by atoms with E-state index in [1.807, 2.05) is 24.3 Å². The maximum atomic E-state index is 10.7. The zero-order valence-electron chi connectivity index (χ0n) is 11.6. The molecule has 20 heavy (non-hydrogen) atoms. The number of nitrogens with two attached hydrogens (primary N) is 1. The Morgan fingerprint density at radius 2 is 1.95 bits per heavy atom. The van der Waals surface area contributed by atoms with Crippen molar-refractivity contribution in [2.75, 3.05) is 26.2 Å². The molecule has 0 saturated carbocycles. The predicted molar refractivity (Wildman–Crippen MR) is 76.9 cm³/mol. The van der Waals surface area contributed by atoms with Crippen LogP contribution < -0.4 is 10.5 Å². The Morgan fingerprint density at radius 1 is 1.30 bits per heavy atom. The Kier molecular flexibility index (Phi) is 5.38. The lowest BCUT2D eigenvalue weighted by Crippen LogP contribution is -2.32. The van der Waals surface area contributed by atoms with Crippen molar-refractivity contribution in [1.29, 1.82) is 0 Å². The summed E-state index contributed by atoms with van der Waals surface area (Å²) in [4.78, 5) is 13.1. The maximum absolute atomic E-state index is 10.7. The van der Waals surface area contributed by atoms with Gasteiger partial charge in [0.25, 0.3) is 0 Å². The molecule has 0 unspecified atom stereocenters. The molecule has 1 heterocycles. The number of carbonyl (C=O) groups is 1. The number of rotatable bonds is 7. The highest BCUT2D eigenvalue weighted by atomic mass is 16.5. The third kappa shape index (κ3) is 4.51. The van der Waals surface area contributed by atoms with E-state index in [0.717, 1.165) is 17.9 Å². The molecule has 110 valence electrons. The molecule has 2 rings (SSSR count). The van der Waals surface area contributed by atoms with E-state index >= 15 is 0 Å². The average Bonchev–Trinajstić information content (AvgIpc) is 2.94. The highest BCUT2D eigenvalue weighted by molar-refractivity contribution is 5.73. The van der Waals surface area contributed by atoms with Crippen LogP contribution in [0.1, 0.15) is 18.4 Å². The van der Waals surface area contributed by atoms with Gasteiger partial charge in [-0.1, -0.05) is 12.1 Å². The Hall–Kier alpha value is -1.59. The molecule has 1 aliphatic rings. The highest BCUT2D eigenvalue weighted by Crippen LogP contribution is 2.14. The van der Waals surface area contributed by atoms with E-state index in [0.29, 0.717) is 13.0 Å². The molecule has 1 fully saturated rings. The van der Waals surface area contributed by atoms with Crippen LogP contribution in [0, 0.1) is 0 Å². The smallest absolute Gasteiger partial charge is 0.320 e. The summed E-state index contributed by atoms with van der Waals surface area (Å²) in [6.07, 6.45) is 2.92. The van der Waals surface area contributed by atoms with Crippen LogP contribution in [0.4, 0.5) is 0 Å². The highest BCUT2D eigenvalue weighted by Gasteiger charge is 2.12. The standard InChI is InChI=1S/C15H22N2O3/c16-14(15(18)19)11-12-3-5-13(6-4-12)20-10-9-17-7-1-2-8-17/h3-6,14H,1-2,7-11,16H2,(H,18,19)/t14-/m0/s1. The van der Waals surface area contributed by atoms with Crippen LogP contribution in [-0.2, 0) is 11.2 Å². The first-order chi connectivity index (χ1) is 9.65. The number of hydrogen-bond donors (Lipinski definition) is 2. The number of hydrogen-bond acceptors (Lipinski definition) is 4. The van der Waals surface area contributed by atoms with E-state index in [9.17, 15) is 4.79 Å². The quantitative estimate of drug-likeness (QED) is 0.781. The van der Waals surface area contributed by atoms with Gasteiger partial charge in [0.1, 0.15) is 18.4 Å². The Balaban J connectivity index is 1.74. The third-order valence-corrected chi connectivity index (χ3v) is 3.57. The van der Waals surface area contributed by atoms with Gasteiger partial charge in [-0.25, -0.2) is 0 Å². The molecule has 5 nitrogen and oxygen atoms in total. The van der Waals surface area contributed by atoms with E-state index in [1.54, 1.807) is 0 Å². The molecule has 0 radical (unpaired) electrons. The minimum absolute atomic E-state index is 0.337. The number of nitrogens with zero attached hydrogens (tertiary/aromatic N) is 1. The lowest BCUT2D eigenvalue weighted by atomic mass is 10.1. The summed E-state index contributed by atoms with van der Waals surface area (Å²) in [5, 5.41) is 8.76. The van der Waals surface area contributed by atoms with E-state index < -0.39 is 12.0 Å². The van der Waals surface area contributed by atoms with Crippen molar-refractivity contribution >= 4 is 5.97 Å². The Bertz CT molecular complexity index is 427. The molecule has 0 amide bonds.